The quantitative estimate of drug-likeness (QED) is 0.573. The highest BCUT2D eigenvalue weighted by molar-refractivity contribution is 5.79. The number of hydrogen-bond acceptors (Lipinski definition) is 6. The summed E-state index contributed by atoms with van der Waals surface area (Å²) in [7, 11) is 0. The van der Waals surface area contributed by atoms with E-state index in [1.54, 1.807) is 16.6 Å². The number of nitrogen functional groups attached to an aromatic ring is 1. The second-order valence-corrected chi connectivity index (χ2v) is 6.48. The molecule has 9 heteroatoms. The minimum atomic E-state index is -0.290. The highest BCUT2D eigenvalue weighted by Crippen LogP contribution is 2.15. The molecule has 0 atom stereocenters. The molecule has 2 aromatic heterocycles. The predicted molar refractivity (Wildman–Crippen MR) is 103 cm³/mol. The van der Waals surface area contributed by atoms with Crippen molar-refractivity contribution in [2.75, 3.05) is 18.9 Å². The molecule has 0 aliphatic carbocycles. The molecule has 3 N–H and O–H groups in total. The lowest BCUT2D eigenvalue weighted by molar-refractivity contribution is -0.120. The first-order chi connectivity index (χ1) is 13.4. The molecule has 0 radical (unpaired) electrons. The fourth-order valence-corrected chi connectivity index (χ4v) is 2.88. The van der Waals surface area contributed by atoms with Crippen LogP contribution in [0.4, 0.5) is 10.3 Å². The van der Waals surface area contributed by atoms with Crippen molar-refractivity contribution >= 4 is 17.6 Å². The van der Waals surface area contributed by atoms with Crippen LogP contribution in [-0.4, -0.2) is 38.6 Å². The van der Waals surface area contributed by atoms with E-state index >= 15 is 0 Å². The van der Waals surface area contributed by atoms with Gasteiger partial charge in [0.15, 0.2) is 0 Å². The number of anilines is 1. The van der Waals surface area contributed by atoms with Gasteiger partial charge in [-0.25, -0.2) is 9.37 Å². The highest BCUT2D eigenvalue weighted by atomic mass is 19.1. The molecular weight excluding hydrogens is 363 g/mol. The number of nitrogens with one attached hydrogen (secondary N) is 1. The number of carbonyl (C=O) groups is 1. The van der Waals surface area contributed by atoms with Crippen LogP contribution in [0.1, 0.15) is 29.8 Å². The van der Waals surface area contributed by atoms with Gasteiger partial charge in [0.2, 0.25) is 11.9 Å². The van der Waals surface area contributed by atoms with Crippen molar-refractivity contribution in [1.82, 2.24) is 24.9 Å². The van der Waals surface area contributed by atoms with Crippen molar-refractivity contribution in [3.8, 4) is 5.75 Å². The third-order valence-corrected chi connectivity index (χ3v) is 4.38. The first-order valence-corrected chi connectivity index (χ1v) is 9.07. The van der Waals surface area contributed by atoms with Gasteiger partial charge in [-0.05, 0) is 51.0 Å². The van der Waals surface area contributed by atoms with Crippen LogP contribution in [0.15, 0.2) is 24.3 Å². The van der Waals surface area contributed by atoms with Crippen molar-refractivity contribution in [3.05, 3.63) is 47.0 Å². The van der Waals surface area contributed by atoms with Crippen LogP contribution in [0.25, 0.3) is 5.78 Å². The molecule has 8 nitrogen and oxygen atoms in total. The van der Waals surface area contributed by atoms with Gasteiger partial charge in [-0.1, -0.05) is 0 Å². The summed E-state index contributed by atoms with van der Waals surface area (Å²) in [5, 5.41) is 7.00. The SMILES string of the molecule is Cc1nc2nc(N)nn2c(C)c1CC(=O)NCCCCOc1ccc(F)cc1. The molecule has 0 aliphatic rings. The molecule has 0 saturated carbocycles. The zero-order valence-corrected chi connectivity index (χ0v) is 15.9. The Hall–Kier alpha value is -3.23. The highest BCUT2D eigenvalue weighted by Gasteiger charge is 2.15. The van der Waals surface area contributed by atoms with Crippen LogP contribution in [0.3, 0.4) is 0 Å². The number of unbranched alkanes of at least 4 members (excludes halogenated alkanes) is 1. The minimum Gasteiger partial charge on any atom is -0.494 e. The number of carbonyl (C=O) groups excluding carboxylic acids is 1. The summed E-state index contributed by atoms with van der Waals surface area (Å²) in [5.74, 6) is 0.840. The summed E-state index contributed by atoms with van der Waals surface area (Å²) in [6.45, 7) is 4.77. The maximum atomic E-state index is 12.8. The van der Waals surface area contributed by atoms with E-state index in [2.05, 4.69) is 20.4 Å². The molecule has 0 unspecified atom stereocenters. The van der Waals surface area contributed by atoms with E-state index in [4.69, 9.17) is 10.5 Å². The molecule has 2 heterocycles. The summed E-state index contributed by atoms with van der Waals surface area (Å²) >= 11 is 0. The van der Waals surface area contributed by atoms with Crippen LogP contribution in [0.2, 0.25) is 0 Å². The van der Waals surface area contributed by atoms with Gasteiger partial charge in [-0.15, -0.1) is 5.10 Å². The summed E-state index contributed by atoms with van der Waals surface area (Å²) in [6, 6.07) is 5.91. The maximum Gasteiger partial charge on any atom is 0.254 e. The van der Waals surface area contributed by atoms with Crippen molar-refractivity contribution in [1.29, 1.82) is 0 Å². The second kappa shape index (κ2) is 8.64. The van der Waals surface area contributed by atoms with Crippen LogP contribution >= 0.6 is 0 Å². The molecule has 0 spiro atoms. The van der Waals surface area contributed by atoms with Crippen LogP contribution < -0.4 is 15.8 Å². The van der Waals surface area contributed by atoms with Gasteiger partial charge in [-0.3, -0.25) is 4.79 Å². The number of aromatic nitrogens is 4. The Labute approximate surface area is 161 Å². The zero-order valence-electron chi connectivity index (χ0n) is 15.9. The number of benzene rings is 1. The molecule has 0 aliphatic heterocycles. The minimum absolute atomic E-state index is 0.0834. The first-order valence-electron chi connectivity index (χ1n) is 9.07. The van der Waals surface area contributed by atoms with Gasteiger partial charge in [-0.2, -0.15) is 9.50 Å². The van der Waals surface area contributed by atoms with Crippen LogP contribution in [-0.2, 0) is 11.2 Å². The lowest BCUT2D eigenvalue weighted by Gasteiger charge is -2.11. The van der Waals surface area contributed by atoms with E-state index in [1.807, 2.05) is 13.8 Å². The molecule has 1 amide bonds. The van der Waals surface area contributed by atoms with Crippen molar-refractivity contribution in [2.45, 2.75) is 33.1 Å². The van der Waals surface area contributed by atoms with Gasteiger partial charge in [0.1, 0.15) is 11.6 Å². The fourth-order valence-electron chi connectivity index (χ4n) is 2.88. The predicted octanol–water partition coefficient (Wildman–Crippen LogP) is 1.98. The number of aryl methyl sites for hydroxylation is 2. The third-order valence-electron chi connectivity index (χ3n) is 4.38. The lowest BCUT2D eigenvalue weighted by Crippen LogP contribution is -2.27. The molecular formula is C19H23FN6O2. The Morgan fingerprint density at radius 2 is 1.96 bits per heavy atom. The van der Waals surface area contributed by atoms with Crippen molar-refractivity contribution in [3.63, 3.8) is 0 Å². The van der Waals surface area contributed by atoms with E-state index in [-0.39, 0.29) is 24.1 Å². The van der Waals surface area contributed by atoms with Gasteiger partial charge in [0, 0.05) is 23.5 Å². The van der Waals surface area contributed by atoms with Gasteiger partial charge < -0.3 is 15.8 Å². The van der Waals surface area contributed by atoms with E-state index in [0.717, 1.165) is 29.8 Å². The van der Waals surface area contributed by atoms with Gasteiger partial charge in [0.05, 0.1) is 13.0 Å². The standard InChI is InChI=1S/C19H23FN6O2/c1-12-16(13(2)26-19(23-12)24-18(21)25-26)11-17(27)22-9-3-4-10-28-15-7-5-14(20)6-8-15/h5-8H,3-4,9-11H2,1-2H3,(H2,21,25)(H,22,27). The Morgan fingerprint density at radius 3 is 2.71 bits per heavy atom. The number of rotatable bonds is 8. The number of fused-ring (bicyclic) bond motifs is 1. The smallest absolute Gasteiger partial charge is 0.254 e. The van der Waals surface area contributed by atoms with E-state index < -0.39 is 0 Å². The van der Waals surface area contributed by atoms with Crippen molar-refractivity contribution in [2.24, 2.45) is 0 Å². The average Bonchev–Trinajstić information content (AvgIpc) is 3.03. The Kier molecular flexibility index (Phi) is 6.03. The monoisotopic (exact) mass is 386 g/mol. The molecule has 0 saturated heterocycles. The lowest BCUT2D eigenvalue weighted by atomic mass is 10.1. The molecule has 3 rings (SSSR count). The Bertz CT molecular complexity index is 971. The third kappa shape index (κ3) is 4.73. The summed E-state index contributed by atoms with van der Waals surface area (Å²) < 4.78 is 19.9. The normalized spacial score (nSPS) is 11.0. The Balaban J connectivity index is 1.43. The Morgan fingerprint density at radius 1 is 1.21 bits per heavy atom. The fraction of sp³-hybridized carbons (Fsp3) is 0.368. The van der Waals surface area contributed by atoms with E-state index in [9.17, 15) is 9.18 Å². The number of nitrogens with zero attached hydrogens (tertiary/aromatic N) is 4. The largest absolute Gasteiger partial charge is 0.494 e. The van der Waals surface area contributed by atoms with Crippen LogP contribution in [0, 0.1) is 19.7 Å². The second-order valence-electron chi connectivity index (χ2n) is 6.48. The first kappa shape index (κ1) is 19.5. The number of halogens is 1. The number of ether oxygens (including phenoxy) is 1. The van der Waals surface area contributed by atoms with Crippen LogP contribution in [0.5, 0.6) is 5.75 Å². The molecule has 28 heavy (non-hydrogen) atoms. The molecule has 3 aromatic rings. The summed E-state index contributed by atoms with van der Waals surface area (Å²) in [6.07, 6.45) is 1.77. The number of nitrogens with two attached hydrogens (primary N) is 1. The molecule has 0 bridgehead atoms. The summed E-state index contributed by atoms with van der Waals surface area (Å²) in [5.41, 5.74) is 7.97. The van der Waals surface area contributed by atoms with Crippen molar-refractivity contribution < 1.29 is 13.9 Å². The molecule has 0 fully saturated rings. The van der Waals surface area contributed by atoms with Gasteiger partial charge >= 0.3 is 0 Å². The number of amides is 1. The number of hydrogen-bond donors (Lipinski definition) is 2. The molecule has 148 valence electrons. The summed E-state index contributed by atoms with van der Waals surface area (Å²) in [4.78, 5) is 20.7. The topological polar surface area (TPSA) is 107 Å². The van der Waals surface area contributed by atoms with Gasteiger partial charge in [0.25, 0.3) is 5.78 Å². The average molecular weight is 386 g/mol. The van der Waals surface area contributed by atoms with E-state index in [1.165, 1.54) is 12.1 Å². The molecule has 1 aromatic carbocycles. The van der Waals surface area contributed by atoms with E-state index in [0.29, 0.717) is 24.7 Å². The zero-order chi connectivity index (χ0) is 20.1. The maximum absolute atomic E-state index is 12.8.